The normalized spacial score (nSPS) is 17.9. The van der Waals surface area contributed by atoms with E-state index in [0.717, 1.165) is 0 Å². The standard InChI is InChI=1S/C11H12N6O3/c12-8-2-1-3-9(17(19)20)11(8)16-6-7(4-10(16)18)5-14-15-13/h1-3,7H,4-6,12H2. The number of para-hydroxylation sites is 1. The molecule has 0 bridgehead atoms. The lowest BCUT2D eigenvalue weighted by atomic mass is 10.1. The van der Waals surface area contributed by atoms with E-state index in [1.54, 1.807) is 0 Å². The van der Waals surface area contributed by atoms with Crippen molar-refractivity contribution in [1.82, 2.24) is 0 Å². The molecule has 9 heteroatoms. The van der Waals surface area contributed by atoms with Crippen LogP contribution >= 0.6 is 0 Å². The third kappa shape index (κ3) is 2.47. The molecule has 2 N–H and O–H groups in total. The Morgan fingerprint density at radius 3 is 3.00 bits per heavy atom. The molecule has 1 aliphatic heterocycles. The number of nitrogens with zero attached hydrogens (tertiary/aromatic N) is 5. The molecule has 1 saturated heterocycles. The molecular weight excluding hydrogens is 264 g/mol. The van der Waals surface area contributed by atoms with Gasteiger partial charge in [-0.25, -0.2) is 0 Å². The first-order valence-electron chi connectivity index (χ1n) is 5.88. The second kappa shape index (κ2) is 5.45. The number of nitro benzene ring substituents is 1. The molecule has 0 radical (unpaired) electrons. The number of carbonyl (C=O) groups is 1. The molecule has 1 aromatic carbocycles. The van der Waals surface area contributed by atoms with Gasteiger partial charge < -0.3 is 10.6 Å². The van der Waals surface area contributed by atoms with Gasteiger partial charge in [0.15, 0.2) is 0 Å². The van der Waals surface area contributed by atoms with Crippen LogP contribution in [0.1, 0.15) is 6.42 Å². The van der Waals surface area contributed by atoms with Gasteiger partial charge in [0.25, 0.3) is 5.69 Å². The number of benzene rings is 1. The van der Waals surface area contributed by atoms with E-state index >= 15 is 0 Å². The zero-order valence-electron chi connectivity index (χ0n) is 10.5. The van der Waals surface area contributed by atoms with Crippen molar-refractivity contribution in [2.24, 2.45) is 11.0 Å². The van der Waals surface area contributed by atoms with Gasteiger partial charge in [-0.2, -0.15) is 0 Å². The predicted molar refractivity (Wildman–Crippen MR) is 72.0 cm³/mol. The van der Waals surface area contributed by atoms with Gasteiger partial charge >= 0.3 is 0 Å². The van der Waals surface area contributed by atoms with Crippen LogP contribution in [-0.4, -0.2) is 23.9 Å². The summed E-state index contributed by atoms with van der Waals surface area (Å²) < 4.78 is 0. The van der Waals surface area contributed by atoms with Crippen LogP contribution in [0.3, 0.4) is 0 Å². The van der Waals surface area contributed by atoms with Crippen molar-refractivity contribution >= 4 is 23.0 Å². The Hall–Kier alpha value is -2.80. The fourth-order valence-corrected chi connectivity index (χ4v) is 2.26. The molecule has 1 atom stereocenters. The molecule has 1 aliphatic rings. The molecule has 9 nitrogen and oxygen atoms in total. The summed E-state index contributed by atoms with van der Waals surface area (Å²) in [7, 11) is 0. The van der Waals surface area contributed by atoms with Crippen molar-refractivity contribution in [3.8, 4) is 0 Å². The van der Waals surface area contributed by atoms with Crippen LogP contribution in [0.2, 0.25) is 0 Å². The lowest BCUT2D eigenvalue weighted by Crippen LogP contribution is -2.26. The molecule has 1 fully saturated rings. The quantitative estimate of drug-likeness (QED) is 0.224. The van der Waals surface area contributed by atoms with E-state index in [2.05, 4.69) is 10.0 Å². The molecule has 1 aromatic rings. The zero-order chi connectivity index (χ0) is 14.7. The highest BCUT2D eigenvalue weighted by molar-refractivity contribution is 6.01. The Bertz CT molecular complexity index is 610. The highest BCUT2D eigenvalue weighted by atomic mass is 16.6. The molecule has 2 rings (SSSR count). The topological polar surface area (TPSA) is 138 Å². The Kier molecular flexibility index (Phi) is 3.72. The van der Waals surface area contributed by atoms with E-state index in [-0.39, 0.29) is 48.4 Å². The van der Waals surface area contributed by atoms with Crippen molar-refractivity contribution in [1.29, 1.82) is 0 Å². The molecule has 0 saturated carbocycles. The van der Waals surface area contributed by atoms with E-state index in [1.807, 2.05) is 0 Å². The lowest BCUT2D eigenvalue weighted by Gasteiger charge is -2.18. The van der Waals surface area contributed by atoms with Gasteiger partial charge in [-0.1, -0.05) is 11.2 Å². The van der Waals surface area contributed by atoms with Gasteiger partial charge in [-0.3, -0.25) is 14.9 Å². The van der Waals surface area contributed by atoms with Gasteiger partial charge in [0, 0.05) is 30.5 Å². The number of carbonyl (C=O) groups excluding carboxylic acids is 1. The summed E-state index contributed by atoms with van der Waals surface area (Å²) in [6, 6.07) is 4.28. The number of azide groups is 1. The maximum Gasteiger partial charge on any atom is 0.295 e. The van der Waals surface area contributed by atoms with Crippen molar-refractivity contribution in [3.05, 3.63) is 38.8 Å². The molecular formula is C11H12N6O3. The van der Waals surface area contributed by atoms with Crippen LogP contribution in [-0.2, 0) is 4.79 Å². The average molecular weight is 276 g/mol. The largest absolute Gasteiger partial charge is 0.397 e. The van der Waals surface area contributed by atoms with Crippen molar-refractivity contribution in [2.75, 3.05) is 23.7 Å². The highest BCUT2D eigenvalue weighted by Crippen LogP contribution is 2.37. The second-order valence-corrected chi connectivity index (χ2v) is 4.46. The fraction of sp³-hybridized carbons (Fsp3) is 0.364. The highest BCUT2D eigenvalue weighted by Gasteiger charge is 2.35. The summed E-state index contributed by atoms with van der Waals surface area (Å²) in [5.41, 5.74) is 14.1. The predicted octanol–water partition coefficient (Wildman–Crippen LogP) is 1.84. The summed E-state index contributed by atoms with van der Waals surface area (Å²) >= 11 is 0. The second-order valence-electron chi connectivity index (χ2n) is 4.46. The number of hydrogen-bond acceptors (Lipinski definition) is 5. The SMILES string of the molecule is [N-]=[N+]=NCC1CC(=O)N(c2c(N)cccc2[N+](=O)[O-])C1. The molecule has 1 heterocycles. The van der Waals surface area contributed by atoms with Gasteiger partial charge in [-0.15, -0.1) is 0 Å². The molecule has 0 aliphatic carbocycles. The molecule has 104 valence electrons. The molecule has 1 unspecified atom stereocenters. The Labute approximate surface area is 113 Å². The van der Waals surface area contributed by atoms with E-state index in [9.17, 15) is 14.9 Å². The lowest BCUT2D eigenvalue weighted by molar-refractivity contribution is -0.384. The van der Waals surface area contributed by atoms with Gasteiger partial charge in [0.1, 0.15) is 5.69 Å². The van der Waals surface area contributed by atoms with Gasteiger partial charge in [0.05, 0.1) is 10.6 Å². The number of anilines is 2. The monoisotopic (exact) mass is 276 g/mol. The van der Waals surface area contributed by atoms with Crippen LogP contribution < -0.4 is 10.6 Å². The summed E-state index contributed by atoms with van der Waals surface area (Å²) in [4.78, 5) is 26.4. The third-order valence-corrected chi connectivity index (χ3v) is 3.12. The fourth-order valence-electron chi connectivity index (χ4n) is 2.26. The van der Waals surface area contributed by atoms with Gasteiger partial charge in [0.2, 0.25) is 5.91 Å². The molecule has 0 aromatic heterocycles. The van der Waals surface area contributed by atoms with Gasteiger partial charge in [-0.05, 0) is 17.5 Å². The number of rotatable bonds is 4. The maximum absolute atomic E-state index is 12.0. The first-order chi connectivity index (χ1) is 9.54. The first-order valence-corrected chi connectivity index (χ1v) is 5.88. The first kappa shape index (κ1) is 13.6. The Morgan fingerprint density at radius 2 is 2.35 bits per heavy atom. The average Bonchev–Trinajstić information content (AvgIpc) is 2.77. The smallest absolute Gasteiger partial charge is 0.295 e. The number of amides is 1. The van der Waals surface area contributed by atoms with Crippen LogP contribution in [0.15, 0.2) is 23.3 Å². The zero-order valence-corrected chi connectivity index (χ0v) is 10.5. The Morgan fingerprint density at radius 1 is 1.60 bits per heavy atom. The number of hydrogen-bond donors (Lipinski definition) is 1. The minimum atomic E-state index is -0.570. The van der Waals surface area contributed by atoms with E-state index in [4.69, 9.17) is 11.3 Å². The van der Waals surface area contributed by atoms with Crippen LogP contribution in [0.25, 0.3) is 10.4 Å². The van der Waals surface area contributed by atoms with Crippen LogP contribution in [0.5, 0.6) is 0 Å². The van der Waals surface area contributed by atoms with Crippen molar-refractivity contribution in [3.63, 3.8) is 0 Å². The van der Waals surface area contributed by atoms with Crippen LogP contribution in [0.4, 0.5) is 17.1 Å². The minimum Gasteiger partial charge on any atom is -0.397 e. The molecule has 0 spiro atoms. The minimum absolute atomic E-state index is 0.117. The van der Waals surface area contributed by atoms with E-state index in [1.165, 1.54) is 23.1 Å². The Balaban J connectivity index is 2.35. The summed E-state index contributed by atoms with van der Waals surface area (Å²) in [5.74, 6) is -0.415. The number of nitro groups is 1. The van der Waals surface area contributed by atoms with E-state index in [0.29, 0.717) is 0 Å². The van der Waals surface area contributed by atoms with E-state index < -0.39 is 4.92 Å². The maximum atomic E-state index is 12.0. The summed E-state index contributed by atoms with van der Waals surface area (Å²) in [6.45, 7) is 0.437. The summed E-state index contributed by atoms with van der Waals surface area (Å²) in [6.07, 6.45) is 0.185. The summed E-state index contributed by atoms with van der Waals surface area (Å²) in [5, 5.41) is 14.5. The van der Waals surface area contributed by atoms with Crippen molar-refractivity contribution < 1.29 is 9.72 Å². The molecule has 20 heavy (non-hydrogen) atoms. The van der Waals surface area contributed by atoms with Crippen LogP contribution in [0, 0.1) is 16.0 Å². The third-order valence-electron chi connectivity index (χ3n) is 3.12. The number of nitrogens with two attached hydrogens (primary N) is 1. The molecule has 1 amide bonds. The van der Waals surface area contributed by atoms with Crippen molar-refractivity contribution in [2.45, 2.75) is 6.42 Å². The number of nitrogen functional groups attached to an aromatic ring is 1.